The van der Waals surface area contributed by atoms with Gasteiger partial charge in [0, 0.05) is 6.04 Å². The van der Waals surface area contributed by atoms with Crippen LogP contribution in [0.1, 0.15) is 18.4 Å². The molecule has 1 aromatic carbocycles. The maximum Gasteiger partial charge on any atom is 0.323 e. The Morgan fingerprint density at radius 2 is 2.18 bits per heavy atom. The summed E-state index contributed by atoms with van der Waals surface area (Å²) in [5.41, 5.74) is 1.01. The van der Waals surface area contributed by atoms with Gasteiger partial charge in [-0.1, -0.05) is 36.4 Å². The highest BCUT2D eigenvalue weighted by Gasteiger charge is 2.28. The minimum atomic E-state index is -0.179. The zero-order valence-electron chi connectivity index (χ0n) is 9.76. The average Bonchev–Trinajstić information content (AvgIpc) is 2.86. The Balaban J connectivity index is 1.80. The largest absolute Gasteiger partial charge is 0.460 e. The molecule has 1 aromatic rings. The zero-order valence-corrected chi connectivity index (χ0v) is 9.76. The molecule has 1 aliphatic heterocycles. The second-order valence-electron chi connectivity index (χ2n) is 4.23. The molecule has 1 N–H and O–H groups in total. The number of carbonyl (C=O) groups is 1. The van der Waals surface area contributed by atoms with E-state index in [0.717, 1.165) is 18.4 Å². The molecule has 3 heteroatoms. The Hall–Kier alpha value is -1.61. The van der Waals surface area contributed by atoms with Gasteiger partial charge in [0.05, 0.1) is 0 Å². The van der Waals surface area contributed by atoms with Crippen LogP contribution in [-0.4, -0.2) is 18.1 Å². The summed E-state index contributed by atoms with van der Waals surface area (Å²) in [4.78, 5) is 11.8. The lowest BCUT2D eigenvalue weighted by molar-refractivity contribution is -0.147. The van der Waals surface area contributed by atoms with Crippen molar-refractivity contribution in [1.82, 2.24) is 5.32 Å². The van der Waals surface area contributed by atoms with E-state index in [-0.39, 0.29) is 18.1 Å². The third kappa shape index (κ3) is 3.17. The smallest absolute Gasteiger partial charge is 0.323 e. The van der Waals surface area contributed by atoms with Crippen molar-refractivity contribution < 1.29 is 9.53 Å². The molecule has 90 valence electrons. The molecule has 1 fully saturated rings. The molecular weight excluding hydrogens is 214 g/mol. The summed E-state index contributed by atoms with van der Waals surface area (Å²) in [7, 11) is 0. The predicted octanol–water partition coefficient (Wildman–Crippen LogP) is 2.04. The fourth-order valence-corrected chi connectivity index (χ4v) is 1.97. The number of hydrogen-bond acceptors (Lipinski definition) is 3. The third-order valence-electron chi connectivity index (χ3n) is 2.97. The van der Waals surface area contributed by atoms with Crippen molar-refractivity contribution in [2.75, 3.05) is 0 Å². The average molecular weight is 231 g/mol. The SMILES string of the molecule is C=CC1CCC(C(=O)OCc2ccccc2)N1. The van der Waals surface area contributed by atoms with E-state index in [1.54, 1.807) is 0 Å². The minimum absolute atomic E-state index is 0.168. The Morgan fingerprint density at radius 1 is 1.41 bits per heavy atom. The number of esters is 1. The van der Waals surface area contributed by atoms with E-state index in [4.69, 9.17) is 4.74 Å². The summed E-state index contributed by atoms with van der Waals surface area (Å²) in [6, 6.07) is 9.77. The van der Waals surface area contributed by atoms with Gasteiger partial charge in [-0.25, -0.2) is 0 Å². The number of hydrogen-bond donors (Lipinski definition) is 1. The van der Waals surface area contributed by atoms with E-state index in [1.165, 1.54) is 0 Å². The van der Waals surface area contributed by atoms with Gasteiger partial charge >= 0.3 is 5.97 Å². The van der Waals surface area contributed by atoms with Crippen LogP contribution in [0.2, 0.25) is 0 Å². The fraction of sp³-hybridized carbons (Fsp3) is 0.357. The highest BCUT2D eigenvalue weighted by molar-refractivity contribution is 5.76. The Kier molecular flexibility index (Phi) is 3.94. The van der Waals surface area contributed by atoms with Crippen molar-refractivity contribution in [1.29, 1.82) is 0 Å². The van der Waals surface area contributed by atoms with Crippen molar-refractivity contribution >= 4 is 5.97 Å². The first-order valence-electron chi connectivity index (χ1n) is 5.89. The summed E-state index contributed by atoms with van der Waals surface area (Å²) in [6.07, 6.45) is 3.61. The van der Waals surface area contributed by atoms with Gasteiger partial charge in [0.2, 0.25) is 0 Å². The second kappa shape index (κ2) is 5.64. The quantitative estimate of drug-likeness (QED) is 0.636. The topological polar surface area (TPSA) is 38.3 Å². The van der Waals surface area contributed by atoms with Gasteiger partial charge in [-0.2, -0.15) is 0 Å². The first kappa shape index (κ1) is 11.9. The van der Waals surface area contributed by atoms with Crippen molar-refractivity contribution in [2.24, 2.45) is 0 Å². The van der Waals surface area contributed by atoms with Gasteiger partial charge in [0.1, 0.15) is 12.6 Å². The van der Waals surface area contributed by atoms with Gasteiger partial charge in [0.15, 0.2) is 0 Å². The van der Waals surface area contributed by atoms with Crippen LogP contribution in [-0.2, 0) is 16.1 Å². The van der Waals surface area contributed by atoms with Crippen molar-refractivity contribution in [3.05, 3.63) is 48.6 Å². The Labute approximate surface area is 101 Å². The molecule has 0 aromatic heterocycles. The van der Waals surface area contributed by atoms with Crippen LogP contribution in [0.15, 0.2) is 43.0 Å². The number of rotatable bonds is 4. The third-order valence-corrected chi connectivity index (χ3v) is 2.97. The Morgan fingerprint density at radius 3 is 2.82 bits per heavy atom. The van der Waals surface area contributed by atoms with E-state index >= 15 is 0 Å². The lowest BCUT2D eigenvalue weighted by Gasteiger charge is -2.11. The van der Waals surface area contributed by atoms with E-state index in [1.807, 2.05) is 36.4 Å². The van der Waals surface area contributed by atoms with Crippen LogP contribution in [0.3, 0.4) is 0 Å². The van der Waals surface area contributed by atoms with Crippen LogP contribution in [0.25, 0.3) is 0 Å². The van der Waals surface area contributed by atoms with Crippen molar-refractivity contribution in [2.45, 2.75) is 31.5 Å². The van der Waals surface area contributed by atoms with Gasteiger partial charge in [-0.3, -0.25) is 10.1 Å². The van der Waals surface area contributed by atoms with Crippen LogP contribution < -0.4 is 5.32 Å². The molecule has 1 heterocycles. The number of nitrogens with one attached hydrogen (secondary N) is 1. The lowest BCUT2D eigenvalue weighted by Crippen LogP contribution is -2.35. The van der Waals surface area contributed by atoms with Crippen LogP contribution >= 0.6 is 0 Å². The molecule has 0 spiro atoms. The lowest BCUT2D eigenvalue weighted by atomic mass is 10.2. The summed E-state index contributed by atoms with van der Waals surface area (Å²) in [6.45, 7) is 4.06. The molecule has 2 unspecified atom stereocenters. The predicted molar refractivity (Wildman–Crippen MR) is 66.4 cm³/mol. The number of ether oxygens (including phenoxy) is 1. The highest BCUT2D eigenvalue weighted by atomic mass is 16.5. The second-order valence-corrected chi connectivity index (χ2v) is 4.23. The van der Waals surface area contributed by atoms with E-state index < -0.39 is 0 Å². The van der Waals surface area contributed by atoms with Gasteiger partial charge in [-0.15, -0.1) is 6.58 Å². The number of benzene rings is 1. The molecule has 17 heavy (non-hydrogen) atoms. The maximum absolute atomic E-state index is 11.8. The van der Waals surface area contributed by atoms with E-state index in [2.05, 4.69) is 11.9 Å². The first-order valence-corrected chi connectivity index (χ1v) is 5.89. The molecule has 0 bridgehead atoms. The molecule has 1 saturated heterocycles. The van der Waals surface area contributed by atoms with Crippen molar-refractivity contribution in [3.8, 4) is 0 Å². The molecule has 2 rings (SSSR count). The van der Waals surface area contributed by atoms with Gasteiger partial charge in [0.25, 0.3) is 0 Å². The maximum atomic E-state index is 11.8. The molecule has 0 radical (unpaired) electrons. The summed E-state index contributed by atoms with van der Waals surface area (Å²) in [5, 5.41) is 3.18. The molecule has 0 aliphatic carbocycles. The van der Waals surface area contributed by atoms with Gasteiger partial charge in [-0.05, 0) is 18.4 Å². The van der Waals surface area contributed by atoms with Crippen LogP contribution in [0.5, 0.6) is 0 Å². The summed E-state index contributed by atoms with van der Waals surface area (Å²) >= 11 is 0. The van der Waals surface area contributed by atoms with Gasteiger partial charge < -0.3 is 4.74 Å². The fourth-order valence-electron chi connectivity index (χ4n) is 1.97. The standard InChI is InChI=1S/C14H17NO2/c1-2-12-8-9-13(15-12)14(16)17-10-11-6-4-3-5-7-11/h2-7,12-13,15H,1,8-10H2. The molecule has 0 amide bonds. The molecule has 2 atom stereocenters. The molecule has 1 aliphatic rings. The molecular formula is C14H17NO2. The summed E-state index contributed by atoms with van der Waals surface area (Å²) in [5.74, 6) is -0.168. The monoisotopic (exact) mass is 231 g/mol. The van der Waals surface area contributed by atoms with E-state index in [9.17, 15) is 4.79 Å². The van der Waals surface area contributed by atoms with Crippen molar-refractivity contribution in [3.63, 3.8) is 0 Å². The van der Waals surface area contributed by atoms with Crippen LogP contribution in [0.4, 0.5) is 0 Å². The first-order chi connectivity index (χ1) is 8.29. The normalized spacial score (nSPS) is 23.3. The molecule has 3 nitrogen and oxygen atoms in total. The minimum Gasteiger partial charge on any atom is -0.460 e. The highest BCUT2D eigenvalue weighted by Crippen LogP contribution is 2.14. The van der Waals surface area contributed by atoms with Crippen LogP contribution in [0, 0.1) is 0 Å². The summed E-state index contributed by atoms with van der Waals surface area (Å²) < 4.78 is 5.27. The number of carbonyl (C=O) groups excluding carboxylic acids is 1. The van der Waals surface area contributed by atoms with E-state index in [0.29, 0.717) is 6.61 Å². The Bertz CT molecular complexity index is 388. The zero-order chi connectivity index (χ0) is 12.1. The molecule has 0 saturated carbocycles.